The van der Waals surface area contributed by atoms with Crippen molar-refractivity contribution in [2.24, 2.45) is 0 Å². The highest BCUT2D eigenvalue weighted by Gasteiger charge is 2.13. The van der Waals surface area contributed by atoms with Gasteiger partial charge in [-0.15, -0.1) is 0 Å². The van der Waals surface area contributed by atoms with E-state index in [4.69, 9.17) is 4.42 Å². The molecule has 0 unspecified atom stereocenters. The van der Waals surface area contributed by atoms with Gasteiger partial charge in [-0.1, -0.05) is 6.07 Å². The van der Waals surface area contributed by atoms with Crippen molar-refractivity contribution >= 4 is 27.0 Å². The largest absolute Gasteiger partial charge is 0.436 e. The van der Waals surface area contributed by atoms with Crippen LogP contribution in [0, 0.1) is 6.92 Å². The van der Waals surface area contributed by atoms with Crippen LogP contribution >= 0.6 is 15.9 Å². The number of hydrogen-bond acceptors (Lipinski definition) is 3. The molecule has 3 aromatic heterocycles. The van der Waals surface area contributed by atoms with E-state index < -0.39 is 0 Å². The summed E-state index contributed by atoms with van der Waals surface area (Å²) in [4.78, 5) is 8.84. The fourth-order valence-electron chi connectivity index (χ4n) is 2.45. The monoisotopic (exact) mass is 353 g/mol. The first-order chi connectivity index (χ1) is 10.7. The maximum Gasteiger partial charge on any atom is 0.229 e. The average Bonchev–Trinajstić information content (AvgIpc) is 3.13. The molecule has 4 nitrogen and oxygen atoms in total. The van der Waals surface area contributed by atoms with E-state index in [0.29, 0.717) is 5.89 Å². The Balaban J connectivity index is 1.91. The number of aromatic nitrogens is 3. The molecule has 0 aliphatic carbocycles. The van der Waals surface area contributed by atoms with Crippen LogP contribution < -0.4 is 0 Å². The van der Waals surface area contributed by atoms with Crippen molar-refractivity contribution < 1.29 is 4.42 Å². The van der Waals surface area contributed by atoms with Crippen LogP contribution in [0.15, 0.2) is 64.0 Å². The molecule has 5 heteroatoms. The molecule has 1 aromatic carbocycles. The van der Waals surface area contributed by atoms with Crippen molar-refractivity contribution in [3.05, 3.63) is 65.2 Å². The molecule has 0 bridgehead atoms. The molecule has 0 amide bonds. The normalized spacial score (nSPS) is 11.2. The first-order valence-corrected chi connectivity index (χ1v) is 7.65. The van der Waals surface area contributed by atoms with E-state index in [1.807, 2.05) is 60.4 Å². The standard InChI is InChI=1S/C17H12BrN3O/c1-11-2-3-16-14(8-11)20-17(22-16)13-4-6-19-9-15(13)21-7-5-12(18)10-21/h2-10H,1H3. The van der Waals surface area contributed by atoms with Crippen molar-refractivity contribution in [1.82, 2.24) is 14.5 Å². The molecule has 0 aliphatic rings. The fourth-order valence-corrected chi connectivity index (χ4v) is 2.78. The van der Waals surface area contributed by atoms with Gasteiger partial charge in [0.2, 0.25) is 5.89 Å². The summed E-state index contributed by atoms with van der Waals surface area (Å²) in [5, 5.41) is 0. The zero-order valence-corrected chi connectivity index (χ0v) is 13.4. The van der Waals surface area contributed by atoms with Gasteiger partial charge in [0.15, 0.2) is 5.58 Å². The first-order valence-electron chi connectivity index (χ1n) is 6.86. The van der Waals surface area contributed by atoms with E-state index >= 15 is 0 Å². The minimum Gasteiger partial charge on any atom is -0.436 e. The van der Waals surface area contributed by atoms with Crippen LogP contribution in [-0.2, 0) is 0 Å². The van der Waals surface area contributed by atoms with Crippen molar-refractivity contribution in [1.29, 1.82) is 0 Å². The lowest BCUT2D eigenvalue weighted by Crippen LogP contribution is -1.94. The molecule has 0 atom stereocenters. The van der Waals surface area contributed by atoms with Crippen LogP contribution in [0.3, 0.4) is 0 Å². The van der Waals surface area contributed by atoms with Gasteiger partial charge in [-0.3, -0.25) is 4.98 Å². The second-order valence-corrected chi connectivity index (χ2v) is 6.04. The van der Waals surface area contributed by atoms with Crippen LogP contribution in [0.25, 0.3) is 28.2 Å². The molecule has 0 fully saturated rings. The van der Waals surface area contributed by atoms with Crippen molar-refractivity contribution in [3.63, 3.8) is 0 Å². The lowest BCUT2D eigenvalue weighted by molar-refractivity contribution is 0.619. The smallest absolute Gasteiger partial charge is 0.229 e. The van der Waals surface area contributed by atoms with Gasteiger partial charge in [0.05, 0.1) is 17.4 Å². The second kappa shape index (κ2) is 5.10. The molecule has 4 aromatic rings. The fraction of sp³-hybridized carbons (Fsp3) is 0.0588. The Bertz CT molecular complexity index is 971. The summed E-state index contributed by atoms with van der Waals surface area (Å²) < 4.78 is 8.92. The molecule has 108 valence electrons. The Kier molecular flexibility index (Phi) is 3.08. The molecule has 22 heavy (non-hydrogen) atoms. The summed E-state index contributed by atoms with van der Waals surface area (Å²) in [6.45, 7) is 2.04. The maximum atomic E-state index is 5.91. The van der Waals surface area contributed by atoms with E-state index in [1.54, 1.807) is 6.20 Å². The van der Waals surface area contributed by atoms with E-state index in [-0.39, 0.29) is 0 Å². The average molecular weight is 354 g/mol. The molecule has 0 saturated heterocycles. The zero-order valence-electron chi connectivity index (χ0n) is 11.8. The Morgan fingerprint density at radius 1 is 1.18 bits per heavy atom. The number of benzene rings is 1. The van der Waals surface area contributed by atoms with Crippen molar-refractivity contribution in [3.8, 4) is 17.1 Å². The topological polar surface area (TPSA) is 43.9 Å². The number of nitrogens with zero attached hydrogens (tertiary/aromatic N) is 3. The molecule has 0 aliphatic heterocycles. The second-order valence-electron chi connectivity index (χ2n) is 5.12. The van der Waals surface area contributed by atoms with Gasteiger partial charge in [-0.05, 0) is 52.7 Å². The van der Waals surface area contributed by atoms with Crippen LogP contribution in [-0.4, -0.2) is 14.5 Å². The van der Waals surface area contributed by atoms with Crippen LogP contribution in [0.1, 0.15) is 5.56 Å². The highest BCUT2D eigenvalue weighted by atomic mass is 79.9. The van der Waals surface area contributed by atoms with E-state index in [9.17, 15) is 0 Å². The highest BCUT2D eigenvalue weighted by Crippen LogP contribution is 2.29. The van der Waals surface area contributed by atoms with Crippen LogP contribution in [0.5, 0.6) is 0 Å². The Morgan fingerprint density at radius 3 is 2.91 bits per heavy atom. The van der Waals surface area contributed by atoms with Gasteiger partial charge >= 0.3 is 0 Å². The minimum atomic E-state index is 0.600. The number of oxazole rings is 1. The Morgan fingerprint density at radius 2 is 2.09 bits per heavy atom. The molecule has 0 N–H and O–H groups in total. The number of pyridine rings is 1. The van der Waals surface area contributed by atoms with Crippen LogP contribution in [0.4, 0.5) is 0 Å². The number of halogens is 1. The summed E-state index contributed by atoms with van der Waals surface area (Å²) in [5.41, 5.74) is 4.66. The molecular weight excluding hydrogens is 342 g/mol. The summed E-state index contributed by atoms with van der Waals surface area (Å²) in [6.07, 6.45) is 7.50. The third-order valence-corrected chi connectivity index (χ3v) is 3.98. The molecule has 4 rings (SSSR count). The zero-order chi connectivity index (χ0) is 15.1. The van der Waals surface area contributed by atoms with Gasteiger partial charge in [0, 0.05) is 23.1 Å². The SMILES string of the molecule is Cc1ccc2oc(-c3ccncc3-n3ccc(Br)c3)nc2c1. The lowest BCUT2D eigenvalue weighted by atomic mass is 10.2. The van der Waals surface area contributed by atoms with Gasteiger partial charge in [0.1, 0.15) is 5.52 Å². The molecule has 0 radical (unpaired) electrons. The number of rotatable bonds is 2. The predicted molar refractivity (Wildman–Crippen MR) is 89.0 cm³/mol. The maximum absolute atomic E-state index is 5.91. The van der Waals surface area contributed by atoms with Gasteiger partial charge in [-0.2, -0.15) is 0 Å². The first kappa shape index (κ1) is 13.3. The summed E-state index contributed by atoms with van der Waals surface area (Å²) >= 11 is 3.47. The van der Waals surface area contributed by atoms with Crippen molar-refractivity contribution in [2.45, 2.75) is 6.92 Å². The van der Waals surface area contributed by atoms with E-state index in [0.717, 1.165) is 32.4 Å². The van der Waals surface area contributed by atoms with Crippen LogP contribution in [0.2, 0.25) is 0 Å². The number of fused-ring (bicyclic) bond motifs is 1. The summed E-state index contributed by atoms with van der Waals surface area (Å²) in [7, 11) is 0. The molecule has 0 spiro atoms. The molecule has 0 saturated carbocycles. The Hall–Kier alpha value is -2.40. The van der Waals surface area contributed by atoms with E-state index in [2.05, 4.69) is 25.9 Å². The van der Waals surface area contributed by atoms with Crippen molar-refractivity contribution in [2.75, 3.05) is 0 Å². The molecule has 3 heterocycles. The van der Waals surface area contributed by atoms with E-state index in [1.165, 1.54) is 0 Å². The lowest BCUT2D eigenvalue weighted by Gasteiger charge is -2.06. The predicted octanol–water partition coefficient (Wildman–Crippen LogP) is 4.75. The summed E-state index contributed by atoms with van der Waals surface area (Å²) in [5.74, 6) is 0.600. The number of hydrogen-bond donors (Lipinski definition) is 0. The van der Waals surface area contributed by atoms with Gasteiger partial charge in [0.25, 0.3) is 0 Å². The van der Waals surface area contributed by atoms with Gasteiger partial charge < -0.3 is 8.98 Å². The quantitative estimate of drug-likeness (QED) is 0.522. The Labute approximate surface area is 135 Å². The third-order valence-electron chi connectivity index (χ3n) is 3.51. The summed E-state index contributed by atoms with van der Waals surface area (Å²) in [6, 6.07) is 9.89. The number of aryl methyl sites for hydroxylation is 1. The third kappa shape index (κ3) is 2.23. The molecular formula is C17H12BrN3O. The highest BCUT2D eigenvalue weighted by molar-refractivity contribution is 9.10. The minimum absolute atomic E-state index is 0.600. The van der Waals surface area contributed by atoms with Gasteiger partial charge in [-0.25, -0.2) is 4.98 Å².